The first-order chi connectivity index (χ1) is 13.2. The average molecular weight is 386 g/mol. The van der Waals surface area contributed by atoms with Gasteiger partial charge in [-0.25, -0.2) is 0 Å². The zero-order valence-corrected chi connectivity index (χ0v) is 15.5. The minimum Gasteiger partial charge on any atom is -0.379 e. The van der Waals surface area contributed by atoms with Crippen molar-refractivity contribution in [1.29, 1.82) is 0 Å². The third kappa shape index (κ3) is 4.10. The molecule has 140 valence electrons. The normalized spacial score (nSPS) is 15.1. The highest BCUT2D eigenvalue weighted by Gasteiger charge is 2.16. The maximum absolute atomic E-state index is 12.8. The number of aromatic nitrogens is 3. The van der Waals surface area contributed by atoms with Crippen LogP contribution in [-0.2, 0) is 11.3 Å². The predicted molar refractivity (Wildman–Crippen MR) is 104 cm³/mol. The minimum atomic E-state index is -0.294. The zero-order chi connectivity index (χ0) is 18.6. The minimum absolute atomic E-state index is 0.294. The summed E-state index contributed by atoms with van der Waals surface area (Å²) in [7, 11) is 0. The molecule has 0 radical (unpaired) electrons. The number of anilines is 1. The zero-order valence-electron chi connectivity index (χ0n) is 14.8. The molecular weight excluding hydrogens is 366 g/mol. The molecule has 27 heavy (non-hydrogen) atoms. The summed E-state index contributed by atoms with van der Waals surface area (Å²) in [6.45, 7) is 5.10. The molecule has 2 aromatic heterocycles. The molecule has 1 aliphatic rings. The number of ether oxygens (including phenoxy) is 1. The largest absolute Gasteiger partial charge is 0.379 e. The van der Waals surface area contributed by atoms with Gasteiger partial charge in [-0.1, -0.05) is 17.7 Å². The molecule has 3 heterocycles. The lowest BCUT2D eigenvalue weighted by Gasteiger charge is -2.26. The number of benzene rings is 1. The number of morpholine rings is 1. The Labute approximate surface area is 161 Å². The van der Waals surface area contributed by atoms with Crippen molar-refractivity contribution in [1.82, 2.24) is 19.7 Å². The van der Waals surface area contributed by atoms with Crippen LogP contribution in [0.15, 0.2) is 42.9 Å². The lowest BCUT2D eigenvalue weighted by Crippen LogP contribution is -2.38. The molecule has 7 nitrogen and oxygen atoms in total. The van der Waals surface area contributed by atoms with Crippen LogP contribution in [0.4, 0.5) is 5.82 Å². The molecule has 1 saturated heterocycles. The molecule has 1 aliphatic heterocycles. The lowest BCUT2D eigenvalue weighted by molar-refractivity contribution is 0.0360. The summed E-state index contributed by atoms with van der Waals surface area (Å²) in [5, 5.41) is 9.29. The Morgan fingerprint density at radius 2 is 2.04 bits per heavy atom. The number of fused-ring (bicyclic) bond motifs is 1. The fourth-order valence-corrected chi connectivity index (χ4v) is 3.42. The molecule has 0 bridgehead atoms. The van der Waals surface area contributed by atoms with Crippen LogP contribution in [0.25, 0.3) is 10.8 Å². The Balaban J connectivity index is 1.45. The third-order valence-electron chi connectivity index (χ3n) is 4.63. The van der Waals surface area contributed by atoms with Gasteiger partial charge in [0.05, 0.1) is 30.3 Å². The van der Waals surface area contributed by atoms with Crippen LogP contribution in [0.1, 0.15) is 10.4 Å². The van der Waals surface area contributed by atoms with Crippen molar-refractivity contribution >= 4 is 34.1 Å². The number of nitrogens with zero attached hydrogens (tertiary/aromatic N) is 4. The number of hydrogen-bond donors (Lipinski definition) is 1. The molecule has 0 aliphatic carbocycles. The summed E-state index contributed by atoms with van der Waals surface area (Å²) in [5.74, 6) is 0.205. The van der Waals surface area contributed by atoms with Crippen molar-refractivity contribution in [3.05, 3.63) is 53.4 Å². The number of carbonyl (C=O) groups is 1. The molecule has 3 aromatic rings. The average Bonchev–Trinajstić information content (AvgIpc) is 3.14. The molecule has 1 aromatic carbocycles. The van der Waals surface area contributed by atoms with Crippen molar-refractivity contribution in [2.24, 2.45) is 0 Å². The lowest BCUT2D eigenvalue weighted by atomic mass is 10.1. The second-order valence-corrected chi connectivity index (χ2v) is 6.80. The maximum Gasteiger partial charge on any atom is 0.259 e. The SMILES string of the molecule is O=C(Nc1ccn(CCN2CCOCC2)n1)c1c(Cl)ccc2ccncc12. The monoisotopic (exact) mass is 385 g/mol. The summed E-state index contributed by atoms with van der Waals surface area (Å²) in [6.07, 6.45) is 5.20. The molecule has 1 N–H and O–H groups in total. The number of pyridine rings is 1. The van der Waals surface area contributed by atoms with Gasteiger partial charge < -0.3 is 10.1 Å². The number of carbonyl (C=O) groups excluding carboxylic acids is 1. The topological polar surface area (TPSA) is 72.3 Å². The van der Waals surface area contributed by atoms with E-state index in [-0.39, 0.29) is 5.91 Å². The molecule has 0 spiro atoms. The second-order valence-electron chi connectivity index (χ2n) is 6.39. The summed E-state index contributed by atoms with van der Waals surface area (Å²) in [5.41, 5.74) is 0.408. The first kappa shape index (κ1) is 17.9. The van der Waals surface area contributed by atoms with Gasteiger partial charge in [0.1, 0.15) is 0 Å². The van der Waals surface area contributed by atoms with Gasteiger partial charge in [-0.2, -0.15) is 5.10 Å². The van der Waals surface area contributed by atoms with Gasteiger partial charge in [0.2, 0.25) is 0 Å². The van der Waals surface area contributed by atoms with Crippen LogP contribution >= 0.6 is 11.6 Å². The molecule has 1 fully saturated rings. The smallest absolute Gasteiger partial charge is 0.259 e. The molecular formula is C19H20ClN5O2. The number of halogens is 1. The van der Waals surface area contributed by atoms with E-state index in [1.807, 2.05) is 23.0 Å². The van der Waals surface area contributed by atoms with Gasteiger partial charge in [-0.05, 0) is 17.5 Å². The van der Waals surface area contributed by atoms with Crippen LogP contribution in [0, 0.1) is 0 Å². The van der Waals surface area contributed by atoms with Gasteiger partial charge in [0.25, 0.3) is 5.91 Å². The van der Waals surface area contributed by atoms with Crippen LogP contribution in [-0.4, -0.2) is 58.4 Å². The van der Waals surface area contributed by atoms with E-state index < -0.39 is 0 Å². The van der Waals surface area contributed by atoms with Crippen LogP contribution < -0.4 is 5.32 Å². The van der Waals surface area contributed by atoms with Crippen molar-refractivity contribution < 1.29 is 9.53 Å². The fourth-order valence-electron chi connectivity index (χ4n) is 3.17. The predicted octanol–water partition coefficient (Wildman–Crippen LogP) is 2.67. The van der Waals surface area contributed by atoms with Gasteiger partial charge in [0, 0.05) is 49.7 Å². The first-order valence-corrected chi connectivity index (χ1v) is 9.25. The highest BCUT2D eigenvalue weighted by molar-refractivity contribution is 6.36. The van der Waals surface area contributed by atoms with Crippen molar-refractivity contribution in [3.8, 4) is 0 Å². The molecule has 0 saturated carbocycles. The molecule has 4 rings (SSSR count). The van der Waals surface area contributed by atoms with Gasteiger partial charge >= 0.3 is 0 Å². The van der Waals surface area contributed by atoms with E-state index in [9.17, 15) is 4.79 Å². The number of nitrogens with one attached hydrogen (secondary N) is 1. The van der Waals surface area contributed by atoms with Gasteiger partial charge in [-0.3, -0.25) is 19.4 Å². The molecule has 1 amide bonds. The third-order valence-corrected chi connectivity index (χ3v) is 4.95. The van der Waals surface area contributed by atoms with E-state index in [4.69, 9.17) is 16.3 Å². The Hall–Kier alpha value is -2.48. The van der Waals surface area contributed by atoms with E-state index >= 15 is 0 Å². The maximum atomic E-state index is 12.8. The summed E-state index contributed by atoms with van der Waals surface area (Å²) >= 11 is 6.28. The fraction of sp³-hybridized carbons (Fsp3) is 0.316. The van der Waals surface area contributed by atoms with Crippen LogP contribution in [0.5, 0.6) is 0 Å². The van der Waals surface area contributed by atoms with Crippen molar-refractivity contribution in [2.75, 3.05) is 38.2 Å². The first-order valence-electron chi connectivity index (χ1n) is 8.88. The summed E-state index contributed by atoms with van der Waals surface area (Å²) in [4.78, 5) is 19.2. The molecule has 0 atom stereocenters. The van der Waals surface area contributed by atoms with E-state index in [0.717, 1.165) is 44.8 Å². The number of rotatable bonds is 5. The van der Waals surface area contributed by atoms with Crippen LogP contribution in [0.2, 0.25) is 5.02 Å². The quantitative estimate of drug-likeness (QED) is 0.731. The Bertz CT molecular complexity index is 952. The van der Waals surface area contributed by atoms with E-state index in [2.05, 4.69) is 20.3 Å². The highest BCUT2D eigenvalue weighted by atomic mass is 35.5. The summed E-state index contributed by atoms with van der Waals surface area (Å²) < 4.78 is 7.19. The Morgan fingerprint density at radius 3 is 2.89 bits per heavy atom. The van der Waals surface area contributed by atoms with Crippen molar-refractivity contribution in [2.45, 2.75) is 6.54 Å². The second kappa shape index (κ2) is 8.04. The molecule has 0 unspecified atom stereocenters. The van der Waals surface area contributed by atoms with Gasteiger partial charge in [-0.15, -0.1) is 0 Å². The molecule has 8 heteroatoms. The Morgan fingerprint density at radius 1 is 1.19 bits per heavy atom. The van der Waals surface area contributed by atoms with E-state index in [1.165, 1.54) is 0 Å². The highest BCUT2D eigenvalue weighted by Crippen LogP contribution is 2.26. The Kier molecular flexibility index (Phi) is 5.33. The number of hydrogen-bond acceptors (Lipinski definition) is 5. The number of amides is 1. The van der Waals surface area contributed by atoms with Crippen LogP contribution in [0.3, 0.4) is 0 Å². The standard InChI is InChI=1S/C19H20ClN5O2/c20-16-2-1-14-3-5-21-13-15(14)18(16)19(26)22-17-4-6-25(23-17)8-7-24-9-11-27-12-10-24/h1-6,13H,7-12H2,(H,22,23,26). The van der Waals surface area contributed by atoms with Gasteiger partial charge in [0.15, 0.2) is 5.82 Å². The van der Waals surface area contributed by atoms with E-state index in [0.29, 0.717) is 21.8 Å². The van der Waals surface area contributed by atoms with E-state index in [1.54, 1.807) is 24.5 Å². The summed E-state index contributed by atoms with van der Waals surface area (Å²) in [6, 6.07) is 7.23. The van der Waals surface area contributed by atoms with Crippen molar-refractivity contribution in [3.63, 3.8) is 0 Å².